The fourth-order valence-electron chi connectivity index (χ4n) is 2.93. The standard InChI is InChI=1S/C16H20N2O4/c1-17-13(19)11-22-15(14(17)12-5-3-2-4-6-12)16(20)18-7-9-21-10-8-18/h2-6,14-15H,7-11H2,1H3. The molecular weight excluding hydrogens is 284 g/mol. The minimum Gasteiger partial charge on any atom is -0.378 e. The molecule has 6 heteroatoms. The van der Waals surface area contributed by atoms with E-state index in [1.165, 1.54) is 0 Å². The molecule has 2 unspecified atom stereocenters. The molecular formula is C16H20N2O4. The predicted molar refractivity (Wildman–Crippen MR) is 79.1 cm³/mol. The summed E-state index contributed by atoms with van der Waals surface area (Å²) in [4.78, 5) is 28.1. The second kappa shape index (κ2) is 6.46. The van der Waals surface area contributed by atoms with Crippen molar-refractivity contribution in [3.63, 3.8) is 0 Å². The lowest BCUT2D eigenvalue weighted by molar-refractivity contribution is -0.169. The third kappa shape index (κ3) is 2.84. The molecule has 0 bridgehead atoms. The molecule has 1 aromatic carbocycles. The van der Waals surface area contributed by atoms with Gasteiger partial charge in [-0.15, -0.1) is 0 Å². The zero-order valence-corrected chi connectivity index (χ0v) is 12.6. The van der Waals surface area contributed by atoms with Crippen LogP contribution in [-0.2, 0) is 19.1 Å². The van der Waals surface area contributed by atoms with Crippen LogP contribution >= 0.6 is 0 Å². The molecule has 6 nitrogen and oxygen atoms in total. The largest absolute Gasteiger partial charge is 0.378 e. The Hall–Kier alpha value is -1.92. The van der Waals surface area contributed by atoms with Crippen molar-refractivity contribution in [2.45, 2.75) is 12.1 Å². The number of amides is 2. The maximum absolute atomic E-state index is 12.8. The lowest BCUT2D eigenvalue weighted by Crippen LogP contribution is -2.55. The highest BCUT2D eigenvalue weighted by molar-refractivity contribution is 5.86. The van der Waals surface area contributed by atoms with Gasteiger partial charge in [-0.2, -0.15) is 0 Å². The van der Waals surface area contributed by atoms with Crippen LogP contribution < -0.4 is 0 Å². The van der Waals surface area contributed by atoms with Crippen LogP contribution in [0.1, 0.15) is 11.6 Å². The Balaban J connectivity index is 1.86. The molecule has 2 aliphatic rings. The van der Waals surface area contributed by atoms with Crippen LogP contribution in [0.25, 0.3) is 0 Å². The average Bonchev–Trinajstić information content (AvgIpc) is 2.58. The van der Waals surface area contributed by atoms with E-state index in [0.717, 1.165) is 5.56 Å². The second-order valence-electron chi connectivity index (χ2n) is 5.53. The quantitative estimate of drug-likeness (QED) is 0.796. The third-order valence-corrected chi connectivity index (χ3v) is 4.19. The Labute approximate surface area is 129 Å². The number of carbonyl (C=O) groups excluding carboxylic acids is 2. The van der Waals surface area contributed by atoms with Crippen molar-refractivity contribution in [2.75, 3.05) is 40.0 Å². The van der Waals surface area contributed by atoms with E-state index in [2.05, 4.69) is 0 Å². The van der Waals surface area contributed by atoms with Gasteiger partial charge in [0.05, 0.1) is 19.3 Å². The van der Waals surface area contributed by atoms with Crippen LogP contribution in [0.15, 0.2) is 30.3 Å². The summed E-state index contributed by atoms with van der Waals surface area (Å²) < 4.78 is 10.9. The first-order chi connectivity index (χ1) is 10.7. The van der Waals surface area contributed by atoms with E-state index in [1.54, 1.807) is 16.8 Å². The van der Waals surface area contributed by atoms with Crippen LogP contribution in [0.3, 0.4) is 0 Å². The number of ether oxygens (including phenoxy) is 2. The Morgan fingerprint density at radius 2 is 1.86 bits per heavy atom. The zero-order chi connectivity index (χ0) is 15.5. The van der Waals surface area contributed by atoms with Crippen LogP contribution in [0.5, 0.6) is 0 Å². The van der Waals surface area contributed by atoms with Crippen molar-refractivity contribution >= 4 is 11.8 Å². The first kappa shape index (κ1) is 15.0. The van der Waals surface area contributed by atoms with Gasteiger partial charge in [-0.25, -0.2) is 0 Å². The Kier molecular flexibility index (Phi) is 4.40. The molecule has 1 aromatic rings. The molecule has 3 rings (SSSR count). The maximum Gasteiger partial charge on any atom is 0.254 e. The molecule has 0 aliphatic carbocycles. The van der Waals surface area contributed by atoms with Gasteiger partial charge in [0.25, 0.3) is 5.91 Å². The highest BCUT2D eigenvalue weighted by Crippen LogP contribution is 2.30. The molecule has 2 saturated heterocycles. The average molecular weight is 304 g/mol. The predicted octanol–water partition coefficient (Wildman–Crippen LogP) is 0.444. The summed E-state index contributed by atoms with van der Waals surface area (Å²) in [6, 6.07) is 9.16. The number of hydrogen-bond donors (Lipinski definition) is 0. The minimum atomic E-state index is -0.664. The summed E-state index contributed by atoms with van der Waals surface area (Å²) in [5, 5.41) is 0. The first-order valence-corrected chi connectivity index (χ1v) is 7.47. The number of morpholine rings is 2. The summed E-state index contributed by atoms with van der Waals surface area (Å²) in [6.45, 7) is 2.17. The summed E-state index contributed by atoms with van der Waals surface area (Å²) in [5.41, 5.74) is 0.907. The number of nitrogens with zero attached hydrogens (tertiary/aromatic N) is 2. The Morgan fingerprint density at radius 3 is 2.55 bits per heavy atom. The molecule has 22 heavy (non-hydrogen) atoms. The fraction of sp³-hybridized carbons (Fsp3) is 0.500. The van der Waals surface area contributed by atoms with Crippen LogP contribution in [0, 0.1) is 0 Å². The normalized spacial score (nSPS) is 26.1. The van der Waals surface area contributed by atoms with Gasteiger partial charge in [-0.05, 0) is 5.56 Å². The van der Waals surface area contributed by atoms with Gasteiger partial charge in [-0.3, -0.25) is 9.59 Å². The molecule has 2 heterocycles. The van der Waals surface area contributed by atoms with Crippen molar-refractivity contribution in [3.05, 3.63) is 35.9 Å². The number of hydrogen-bond acceptors (Lipinski definition) is 4. The van der Waals surface area contributed by atoms with Gasteiger partial charge in [0.1, 0.15) is 6.61 Å². The fourth-order valence-corrected chi connectivity index (χ4v) is 2.93. The molecule has 0 radical (unpaired) electrons. The van der Waals surface area contributed by atoms with Crippen molar-refractivity contribution < 1.29 is 19.1 Å². The monoisotopic (exact) mass is 304 g/mol. The first-order valence-electron chi connectivity index (χ1n) is 7.47. The van der Waals surface area contributed by atoms with Crippen LogP contribution in [0.2, 0.25) is 0 Å². The number of likely N-dealkylation sites (N-methyl/N-ethyl adjacent to an activating group) is 1. The zero-order valence-electron chi connectivity index (χ0n) is 12.6. The minimum absolute atomic E-state index is 0.0550. The summed E-state index contributed by atoms with van der Waals surface area (Å²) in [7, 11) is 1.72. The van der Waals surface area contributed by atoms with E-state index >= 15 is 0 Å². The number of benzene rings is 1. The van der Waals surface area contributed by atoms with Crippen LogP contribution in [-0.4, -0.2) is 67.7 Å². The van der Waals surface area contributed by atoms with E-state index in [4.69, 9.17) is 9.47 Å². The molecule has 2 fully saturated rings. The lowest BCUT2D eigenvalue weighted by Gasteiger charge is -2.40. The highest BCUT2D eigenvalue weighted by Gasteiger charge is 2.41. The van der Waals surface area contributed by atoms with Gasteiger partial charge in [0.2, 0.25) is 5.91 Å². The topological polar surface area (TPSA) is 59.1 Å². The second-order valence-corrected chi connectivity index (χ2v) is 5.53. The molecule has 2 aliphatic heterocycles. The van der Waals surface area contributed by atoms with E-state index in [9.17, 15) is 9.59 Å². The van der Waals surface area contributed by atoms with Gasteiger partial charge < -0.3 is 19.3 Å². The molecule has 118 valence electrons. The van der Waals surface area contributed by atoms with Crippen LogP contribution in [0.4, 0.5) is 0 Å². The lowest BCUT2D eigenvalue weighted by atomic mass is 9.97. The van der Waals surface area contributed by atoms with E-state index in [1.807, 2.05) is 30.3 Å². The Morgan fingerprint density at radius 1 is 1.18 bits per heavy atom. The SMILES string of the molecule is CN1C(=O)COC(C(=O)N2CCOCC2)C1c1ccccc1. The number of carbonyl (C=O) groups is 2. The van der Waals surface area contributed by atoms with E-state index in [-0.39, 0.29) is 18.4 Å². The van der Waals surface area contributed by atoms with Gasteiger partial charge in [0, 0.05) is 20.1 Å². The van der Waals surface area contributed by atoms with E-state index < -0.39 is 12.1 Å². The van der Waals surface area contributed by atoms with Crippen molar-refractivity contribution in [1.82, 2.24) is 9.80 Å². The van der Waals surface area contributed by atoms with E-state index in [0.29, 0.717) is 26.3 Å². The molecule has 0 aromatic heterocycles. The van der Waals surface area contributed by atoms with Gasteiger partial charge >= 0.3 is 0 Å². The molecule has 0 saturated carbocycles. The third-order valence-electron chi connectivity index (χ3n) is 4.19. The molecule has 0 spiro atoms. The van der Waals surface area contributed by atoms with Crippen molar-refractivity contribution in [1.29, 1.82) is 0 Å². The summed E-state index contributed by atoms with van der Waals surface area (Å²) in [5.74, 6) is -0.184. The highest BCUT2D eigenvalue weighted by atomic mass is 16.5. The summed E-state index contributed by atoms with van der Waals surface area (Å²) in [6.07, 6.45) is -0.664. The Bertz CT molecular complexity index is 542. The van der Waals surface area contributed by atoms with Gasteiger partial charge in [-0.1, -0.05) is 30.3 Å². The number of rotatable bonds is 2. The van der Waals surface area contributed by atoms with Crippen molar-refractivity contribution in [3.8, 4) is 0 Å². The molecule has 2 amide bonds. The molecule has 0 N–H and O–H groups in total. The smallest absolute Gasteiger partial charge is 0.254 e. The van der Waals surface area contributed by atoms with Crippen molar-refractivity contribution in [2.24, 2.45) is 0 Å². The maximum atomic E-state index is 12.8. The van der Waals surface area contributed by atoms with Gasteiger partial charge in [0.15, 0.2) is 6.10 Å². The summed E-state index contributed by atoms with van der Waals surface area (Å²) >= 11 is 0. The molecule has 2 atom stereocenters.